The van der Waals surface area contributed by atoms with Crippen LogP contribution in [0.1, 0.15) is 46.4 Å². The van der Waals surface area contributed by atoms with Gasteiger partial charge in [0.05, 0.1) is 11.1 Å². The number of hydrogen-bond donors (Lipinski definition) is 1. The molecule has 0 aromatic heterocycles. The first-order valence-corrected chi connectivity index (χ1v) is 7.51. The second kappa shape index (κ2) is 6.20. The molecule has 1 unspecified atom stereocenters. The Bertz CT molecular complexity index is 640. The number of nitrogens with zero attached hydrogens (tertiary/aromatic N) is 1. The molecule has 1 aromatic carbocycles. The monoisotopic (exact) mass is 316 g/mol. The quantitative estimate of drug-likeness (QED) is 0.838. The molecule has 0 saturated carbocycles. The van der Waals surface area contributed by atoms with Gasteiger partial charge in [0.2, 0.25) is 5.91 Å². The third-order valence-corrected chi connectivity index (χ3v) is 4.07. The van der Waals surface area contributed by atoms with Gasteiger partial charge in [-0.05, 0) is 30.9 Å². The van der Waals surface area contributed by atoms with E-state index in [1.165, 1.54) is 12.1 Å². The van der Waals surface area contributed by atoms with Crippen LogP contribution in [0.5, 0.6) is 0 Å². The molecular weight excluding hydrogens is 300 g/mol. The smallest absolute Gasteiger partial charge is 0.333 e. The fourth-order valence-electron chi connectivity index (χ4n) is 2.75. The molecular formula is C16H16N2O5. The molecule has 1 aromatic rings. The van der Waals surface area contributed by atoms with Crippen molar-refractivity contribution in [3.8, 4) is 0 Å². The molecule has 7 nitrogen and oxygen atoms in total. The van der Waals surface area contributed by atoms with Gasteiger partial charge in [0.15, 0.2) is 0 Å². The van der Waals surface area contributed by atoms with Crippen LogP contribution < -0.4 is 5.32 Å². The molecule has 3 rings (SSSR count). The number of rotatable bonds is 4. The Morgan fingerprint density at radius 3 is 2.39 bits per heavy atom. The maximum atomic E-state index is 12.1. The molecule has 3 amide bonds. The standard InChI is InChI=1S/C16H16N2O5/c19-13-7-5-10(9-17-13)6-8-14(20)23-18-15(21)11-3-1-2-4-12(11)16(18)22/h1-4,10H,5-9H2,(H,17,19). The lowest BCUT2D eigenvalue weighted by atomic mass is 9.94. The largest absolute Gasteiger partial charge is 0.356 e. The second-order valence-corrected chi connectivity index (χ2v) is 5.66. The van der Waals surface area contributed by atoms with E-state index in [1.54, 1.807) is 12.1 Å². The maximum absolute atomic E-state index is 12.1. The summed E-state index contributed by atoms with van der Waals surface area (Å²) < 4.78 is 0. The fraction of sp³-hybridized carbons (Fsp3) is 0.375. The van der Waals surface area contributed by atoms with Gasteiger partial charge in [-0.25, -0.2) is 4.79 Å². The van der Waals surface area contributed by atoms with Crippen LogP contribution in [0.25, 0.3) is 0 Å². The molecule has 1 N–H and O–H groups in total. The van der Waals surface area contributed by atoms with E-state index in [9.17, 15) is 19.2 Å². The van der Waals surface area contributed by atoms with Crippen LogP contribution >= 0.6 is 0 Å². The summed E-state index contributed by atoms with van der Waals surface area (Å²) in [7, 11) is 0. The van der Waals surface area contributed by atoms with E-state index in [0.29, 0.717) is 24.4 Å². The molecule has 120 valence electrons. The van der Waals surface area contributed by atoms with Gasteiger partial charge in [-0.3, -0.25) is 14.4 Å². The van der Waals surface area contributed by atoms with Crippen LogP contribution in [0, 0.1) is 5.92 Å². The Morgan fingerprint density at radius 2 is 1.83 bits per heavy atom. The number of imide groups is 1. The number of hydrogen-bond acceptors (Lipinski definition) is 5. The lowest BCUT2D eigenvalue weighted by Gasteiger charge is -2.22. The van der Waals surface area contributed by atoms with Gasteiger partial charge in [-0.1, -0.05) is 17.2 Å². The summed E-state index contributed by atoms with van der Waals surface area (Å²) in [6.07, 6.45) is 1.82. The Hall–Kier alpha value is -2.70. The zero-order valence-corrected chi connectivity index (χ0v) is 12.4. The number of fused-ring (bicyclic) bond motifs is 1. The van der Waals surface area contributed by atoms with Crippen LogP contribution in [0.3, 0.4) is 0 Å². The Kier molecular flexibility index (Phi) is 4.10. The molecule has 23 heavy (non-hydrogen) atoms. The van der Waals surface area contributed by atoms with E-state index in [-0.39, 0.29) is 29.4 Å². The molecule has 1 fully saturated rings. The number of hydroxylamine groups is 2. The first kappa shape index (κ1) is 15.2. The molecule has 1 atom stereocenters. The minimum Gasteiger partial charge on any atom is -0.356 e. The summed E-state index contributed by atoms with van der Waals surface area (Å²) in [5.41, 5.74) is 0.473. The van der Waals surface area contributed by atoms with Gasteiger partial charge >= 0.3 is 5.97 Å². The third-order valence-electron chi connectivity index (χ3n) is 4.07. The first-order chi connectivity index (χ1) is 11.1. The average Bonchev–Trinajstić information content (AvgIpc) is 2.80. The van der Waals surface area contributed by atoms with Crippen molar-refractivity contribution in [2.45, 2.75) is 25.7 Å². The molecule has 2 aliphatic heterocycles. The summed E-state index contributed by atoms with van der Waals surface area (Å²) in [5, 5.41) is 3.27. The van der Waals surface area contributed by atoms with Crippen molar-refractivity contribution in [3.05, 3.63) is 35.4 Å². The lowest BCUT2D eigenvalue weighted by Crippen LogP contribution is -2.36. The van der Waals surface area contributed by atoms with Gasteiger partial charge in [0.1, 0.15) is 0 Å². The number of amides is 3. The number of carbonyl (C=O) groups is 4. The van der Waals surface area contributed by atoms with Crippen molar-refractivity contribution < 1.29 is 24.0 Å². The second-order valence-electron chi connectivity index (χ2n) is 5.66. The van der Waals surface area contributed by atoms with Crippen molar-refractivity contribution in [2.75, 3.05) is 6.54 Å². The third kappa shape index (κ3) is 3.08. The summed E-state index contributed by atoms with van der Waals surface area (Å²) >= 11 is 0. The molecule has 7 heteroatoms. The molecule has 1 saturated heterocycles. The van der Waals surface area contributed by atoms with Gasteiger partial charge in [-0.15, -0.1) is 0 Å². The Balaban J connectivity index is 1.54. The van der Waals surface area contributed by atoms with Crippen molar-refractivity contribution in [3.63, 3.8) is 0 Å². The molecule has 0 aliphatic carbocycles. The van der Waals surface area contributed by atoms with E-state index in [1.807, 2.05) is 0 Å². The normalized spacial score (nSPS) is 20.3. The highest BCUT2D eigenvalue weighted by Gasteiger charge is 2.38. The zero-order valence-electron chi connectivity index (χ0n) is 12.4. The summed E-state index contributed by atoms with van der Waals surface area (Å²) in [6.45, 7) is 0.541. The van der Waals surface area contributed by atoms with Gasteiger partial charge in [0.25, 0.3) is 11.8 Å². The van der Waals surface area contributed by atoms with E-state index >= 15 is 0 Å². The van der Waals surface area contributed by atoms with Gasteiger partial charge < -0.3 is 10.2 Å². The summed E-state index contributed by atoms with van der Waals surface area (Å²) in [6, 6.07) is 6.33. The highest BCUT2D eigenvalue weighted by Crippen LogP contribution is 2.23. The van der Waals surface area contributed by atoms with E-state index < -0.39 is 17.8 Å². The van der Waals surface area contributed by atoms with E-state index in [0.717, 1.165) is 6.42 Å². The molecule has 2 aliphatic rings. The van der Waals surface area contributed by atoms with Crippen molar-refractivity contribution in [1.29, 1.82) is 0 Å². The van der Waals surface area contributed by atoms with Crippen LogP contribution in [0.15, 0.2) is 24.3 Å². The topological polar surface area (TPSA) is 92.8 Å². The van der Waals surface area contributed by atoms with Crippen molar-refractivity contribution in [1.82, 2.24) is 10.4 Å². The van der Waals surface area contributed by atoms with E-state index in [4.69, 9.17) is 4.84 Å². The zero-order chi connectivity index (χ0) is 16.4. The predicted molar refractivity (Wildman–Crippen MR) is 78.0 cm³/mol. The molecule has 0 spiro atoms. The number of piperidine rings is 1. The summed E-state index contributed by atoms with van der Waals surface area (Å²) in [5.74, 6) is -1.64. The van der Waals surface area contributed by atoms with Gasteiger partial charge in [-0.2, -0.15) is 0 Å². The average molecular weight is 316 g/mol. The number of benzene rings is 1. The predicted octanol–water partition coefficient (Wildman–Crippen LogP) is 1.05. The highest BCUT2D eigenvalue weighted by molar-refractivity contribution is 6.20. The lowest BCUT2D eigenvalue weighted by molar-refractivity contribution is -0.168. The fourth-order valence-corrected chi connectivity index (χ4v) is 2.75. The molecule has 2 heterocycles. The summed E-state index contributed by atoms with van der Waals surface area (Å²) in [4.78, 5) is 52.0. The minimum absolute atomic E-state index is 0.0230. The van der Waals surface area contributed by atoms with Crippen LogP contribution in [0.2, 0.25) is 0 Å². The van der Waals surface area contributed by atoms with Crippen molar-refractivity contribution in [2.24, 2.45) is 5.92 Å². The first-order valence-electron chi connectivity index (χ1n) is 7.51. The molecule has 0 bridgehead atoms. The Labute approximate surface area is 132 Å². The Morgan fingerprint density at radius 1 is 1.17 bits per heavy atom. The van der Waals surface area contributed by atoms with Crippen LogP contribution in [-0.4, -0.2) is 35.3 Å². The number of nitrogens with one attached hydrogen (secondary N) is 1. The van der Waals surface area contributed by atoms with Crippen LogP contribution in [0.4, 0.5) is 0 Å². The van der Waals surface area contributed by atoms with E-state index in [2.05, 4.69) is 5.32 Å². The van der Waals surface area contributed by atoms with Crippen molar-refractivity contribution >= 4 is 23.7 Å². The number of carbonyl (C=O) groups excluding carboxylic acids is 4. The highest BCUT2D eigenvalue weighted by atomic mass is 16.7. The van der Waals surface area contributed by atoms with Gasteiger partial charge in [0, 0.05) is 19.4 Å². The SMILES string of the molecule is O=C1CCC(CCC(=O)ON2C(=O)c3ccccc3C2=O)CN1. The molecule has 0 radical (unpaired) electrons. The van der Waals surface area contributed by atoms with Crippen LogP contribution in [-0.2, 0) is 14.4 Å². The minimum atomic E-state index is -0.628. The maximum Gasteiger partial charge on any atom is 0.333 e.